The molecule has 1 aromatic carbocycles. The van der Waals surface area contributed by atoms with Crippen molar-refractivity contribution in [1.82, 2.24) is 9.29 Å². The molecule has 1 fully saturated rings. The summed E-state index contributed by atoms with van der Waals surface area (Å²) in [6, 6.07) is 9.37. The number of halogens is 3. The summed E-state index contributed by atoms with van der Waals surface area (Å²) in [7, 11) is -3.80. The monoisotopic (exact) mass is 388 g/mol. The molecule has 0 N–H and O–H groups in total. The number of hydrogen-bond donors (Lipinski definition) is 0. The number of nitrogens with zero attached hydrogens (tertiary/aromatic N) is 2. The molecule has 10 heteroatoms. The number of rotatable bonds is 5. The summed E-state index contributed by atoms with van der Waals surface area (Å²) in [6.07, 6.45) is -5.15. The molecule has 0 spiro atoms. The number of alkyl halides is 3. The van der Waals surface area contributed by atoms with Crippen LogP contribution in [0.1, 0.15) is 5.69 Å². The summed E-state index contributed by atoms with van der Waals surface area (Å²) >= 11 is 0. The third-order valence-electron chi connectivity index (χ3n) is 3.66. The van der Waals surface area contributed by atoms with Gasteiger partial charge in [-0.2, -0.15) is 4.31 Å². The van der Waals surface area contributed by atoms with Crippen LogP contribution < -0.4 is 9.47 Å². The second-order valence-corrected chi connectivity index (χ2v) is 7.64. The third kappa shape index (κ3) is 4.25. The van der Waals surface area contributed by atoms with Gasteiger partial charge in [0.2, 0.25) is 15.9 Å². The number of ether oxygens (including phenoxy) is 2. The van der Waals surface area contributed by atoms with Crippen LogP contribution >= 0.6 is 0 Å². The van der Waals surface area contributed by atoms with Crippen LogP contribution in [-0.2, 0) is 10.0 Å². The third-order valence-corrected chi connectivity index (χ3v) is 5.51. The molecule has 0 aliphatic carbocycles. The Morgan fingerprint density at radius 1 is 1.12 bits per heavy atom. The Balaban J connectivity index is 1.61. The summed E-state index contributed by atoms with van der Waals surface area (Å²) < 4.78 is 71.9. The van der Waals surface area contributed by atoms with Crippen molar-refractivity contribution in [1.29, 1.82) is 0 Å². The number of sulfonamides is 1. The van der Waals surface area contributed by atoms with Crippen molar-refractivity contribution in [2.75, 3.05) is 13.1 Å². The van der Waals surface area contributed by atoms with E-state index in [0.717, 1.165) is 30.0 Å². The molecule has 3 rings (SSSR count). The molecule has 0 bridgehead atoms. The molecule has 1 aliphatic rings. The van der Waals surface area contributed by atoms with E-state index < -0.39 is 22.1 Å². The van der Waals surface area contributed by atoms with Crippen molar-refractivity contribution in [3.8, 4) is 11.6 Å². The van der Waals surface area contributed by atoms with E-state index in [4.69, 9.17) is 4.74 Å². The number of aryl methyl sites for hydroxylation is 1. The van der Waals surface area contributed by atoms with Gasteiger partial charge in [0, 0.05) is 11.8 Å². The minimum atomic E-state index is -4.83. The van der Waals surface area contributed by atoms with Gasteiger partial charge in [0.1, 0.15) is 11.9 Å². The van der Waals surface area contributed by atoms with Gasteiger partial charge in [-0.3, -0.25) is 0 Å². The van der Waals surface area contributed by atoms with Crippen molar-refractivity contribution in [3.05, 3.63) is 48.2 Å². The van der Waals surface area contributed by atoms with Crippen LogP contribution in [0.2, 0.25) is 0 Å². The van der Waals surface area contributed by atoms with E-state index in [-0.39, 0.29) is 24.1 Å². The highest BCUT2D eigenvalue weighted by Gasteiger charge is 2.38. The van der Waals surface area contributed by atoms with Gasteiger partial charge in [0.15, 0.2) is 0 Å². The lowest BCUT2D eigenvalue weighted by Crippen LogP contribution is -2.56. The zero-order valence-electron chi connectivity index (χ0n) is 13.6. The minimum Gasteiger partial charge on any atom is -0.472 e. The number of benzene rings is 1. The fourth-order valence-electron chi connectivity index (χ4n) is 2.39. The Morgan fingerprint density at radius 2 is 1.77 bits per heavy atom. The van der Waals surface area contributed by atoms with Crippen LogP contribution in [0.3, 0.4) is 0 Å². The van der Waals surface area contributed by atoms with Gasteiger partial charge in [-0.15, -0.1) is 13.2 Å². The highest BCUT2D eigenvalue weighted by Crippen LogP contribution is 2.27. The summed E-state index contributed by atoms with van der Waals surface area (Å²) in [4.78, 5) is 4.07. The van der Waals surface area contributed by atoms with Gasteiger partial charge in [0.25, 0.3) is 0 Å². The van der Waals surface area contributed by atoms with Crippen molar-refractivity contribution >= 4 is 10.0 Å². The molecular formula is C16H15F3N2O4S. The fraction of sp³-hybridized carbons (Fsp3) is 0.312. The molecule has 1 aromatic heterocycles. The maximum absolute atomic E-state index is 12.5. The molecule has 0 amide bonds. The number of aromatic nitrogens is 1. The van der Waals surface area contributed by atoms with Crippen LogP contribution in [0.5, 0.6) is 11.6 Å². The molecule has 0 unspecified atom stereocenters. The molecule has 2 heterocycles. The first kappa shape index (κ1) is 18.5. The zero-order valence-corrected chi connectivity index (χ0v) is 14.4. The van der Waals surface area contributed by atoms with Crippen molar-refractivity contribution in [2.24, 2.45) is 0 Å². The van der Waals surface area contributed by atoms with Crippen molar-refractivity contribution in [3.63, 3.8) is 0 Å². The highest BCUT2D eigenvalue weighted by atomic mass is 32.2. The largest absolute Gasteiger partial charge is 0.573 e. The molecule has 26 heavy (non-hydrogen) atoms. The second kappa shape index (κ2) is 6.76. The van der Waals surface area contributed by atoms with Crippen LogP contribution in [0.15, 0.2) is 47.4 Å². The normalized spacial score (nSPS) is 16.2. The molecule has 140 valence electrons. The Morgan fingerprint density at radius 3 is 2.35 bits per heavy atom. The Labute approximate surface area is 148 Å². The van der Waals surface area contributed by atoms with Crippen molar-refractivity contribution in [2.45, 2.75) is 24.3 Å². The summed E-state index contributed by atoms with van der Waals surface area (Å²) in [6.45, 7) is 2.09. The molecule has 6 nitrogen and oxygen atoms in total. The van der Waals surface area contributed by atoms with Gasteiger partial charge in [-0.25, -0.2) is 13.4 Å². The first-order chi connectivity index (χ1) is 12.1. The van der Waals surface area contributed by atoms with E-state index >= 15 is 0 Å². The van der Waals surface area contributed by atoms with Gasteiger partial charge in [-0.1, -0.05) is 6.07 Å². The van der Waals surface area contributed by atoms with E-state index in [0.29, 0.717) is 5.88 Å². The lowest BCUT2D eigenvalue weighted by atomic mass is 10.2. The van der Waals surface area contributed by atoms with Gasteiger partial charge in [-0.05, 0) is 37.3 Å². The SMILES string of the molecule is Cc1cccc(OC2CN(S(=O)(=O)c3ccc(OC(F)(F)F)cc3)C2)n1. The van der Waals surface area contributed by atoms with Gasteiger partial charge >= 0.3 is 6.36 Å². The lowest BCUT2D eigenvalue weighted by Gasteiger charge is -2.37. The van der Waals surface area contributed by atoms with Gasteiger partial charge < -0.3 is 9.47 Å². The maximum atomic E-state index is 12.5. The van der Waals surface area contributed by atoms with Crippen molar-refractivity contribution < 1.29 is 31.1 Å². The predicted octanol–water partition coefficient (Wildman–Crippen LogP) is 2.74. The Hall–Kier alpha value is -2.33. The maximum Gasteiger partial charge on any atom is 0.573 e. The van der Waals surface area contributed by atoms with E-state index in [9.17, 15) is 21.6 Å². The van der Waals surface area contributed by atoms with E-state index in [1.165, 1.54) is 4.31 Å². The zero-order chi connectivity index (χ0) is 18.9. The topological polar surface area (TPSA) is 68.7 Å². The Bertz CT molecular complexity index is 879. The standard InChI is InChI=1S/C16H15F3N2O4S/c1-11-3-2-4-15(20-11)24-13-9-21(10-13)26(22,23)14-7-5-12(6-8-14)25-16(17,18)19/h2-8,13H,9-10H2,1H3. The number of hydrogen-bond acceptors (Lipinski definition) is 5. The average Bonchev–Trinajstić information content (AvgIpc) is 2.49. The molecule has 0 saturated carbocycles. The first-order valence-electron chi connectivity index (χ1n) is 7.60. The molecule has 0 atom stereocenters. The molecule has 1 aliphatic heterocycles. The lowest BCUT2D eigenvalue weighted by molar-refractivity contribution is -0.274. The first-order valence-corrected chi connectivity index (χ1v) is 9.04. The van der Waals surface area contributed by atoms with Crippen LogP contribution in [0, 0.1) is 6.92 Å². The predicted molar refractivity (Wildman–Crippen MR) is 85.3 cm³/mol. The molecular weight excluding hydrogens is 373 g/mol. The molecule has 1 saturated heterocycles. The fourth-order valence-corrected chi connectivity index (χ4v) is 3.89. The Kier molecular flexibility index (Phi) is 4.80. The molecule has 2 aromatic rings. The summed E-state index contributed by atoms with van der Waals surface area (Å²) in [5, 5.41) is 0. The minimum absolute atomic E-state index is 0.112. The van der Waals surface area contributed by atoms with Crippen LogP contribution in [0.25, 0.3) is 0 Å². The molecule has 0 radical (unpaired) electrons. The van der Waals surface area contributed by atoms with E-state index in [1.54, 1.807) is 12.1 Å². The summed E-state index contributed by atoms with van der Waals surface area (Å²) in [5.41, 5.74) is 0.785. The second-order valence-electron chi connectivity index (χ2n) is 5.70. The quantitative estimate of drug-likeness (QED) is 0.788. The smallest absolute Gasteiger partial charge is 0.472 e. The average molecular weight is 388 g/mol. The van der Waals surface area contributed by atoms with E-state index in [2.05, 4.69) is 9.72 Å². The summed E-state index contributed by atoms with van der Waals surface area (Å²) in [5.74, 6) is -0.0625. The van der Waals surface area contributed by atoms with Gasteiger partial charge in [0.05, 0.1) is 18.0 Å². The number of pyridine rings is 1. The van der Waals surface area contributed by atoms with Crippen LogP contribution in [0.4, 0.5) is 13.2 Å². The van der Waals surface area contributed by atoms with E-state index in [1.807, 2.05) is 13.0 Å². The van der Waals surface area contributed by atoms with Crippen LogP contribution in [-0.4, -0.2) is 43.3 Å². The highest BCUT2D eigenvalue weighted by molar-refractivity contribution is 7.89.